The number of hydrogen-bond donors (Lipinski definition) is 1. The van der Waals surface area contributed by atoms with Gasteiger partial charge in [0.1, 0.15) is 0 Å². The lowest BCUT2D eigenvalue weighted by Crippen LogP contribution is -2.12. The van der Waals surface area contributed by atoms with Gasteiger partial charge in [-0.25, -0.2) is 0 Å². The fourth-order valence-electron chi connectivity index (χ4n) is 0.370. The van der Waals surface area contributed by atoms with E-state index in [2.05, 4.69) is 14.9 Å². The molecule has 0 saturated heterocycles. The topological polar surface area (TPSA) is 77.0 Å². The highest BCUT2D eigenvalue weighted by molar-refractivity contribution is 8.14. The Hall–Kier alpha value is -1.04. The number of ether oxygens (including phenoxy) is 1. The second-order valence-corrected chi connectivity index (χ2v) is 3.35. The van der Waals surface area contributed by atoms with E-state index in [0.717, 1.165) is 17.5 Å². The van der Waals surface area contributed by atoms with E-state index in [1.807, 2.05) is 13.8 Å². The smallest absolute Gasteiger partial charge is 0.316 e. The highest BCUT2D eigenvalue weighted by atomic mass is 32.2. The molecule has 0 heterocycles. The van der Waals surface area contributed by atoms with Gasteiger partial charge in [-0.2, -0.15) is 5.10 Å². The predicted molar refractivity (Wildman–Crippen MR) is 54.9 cm³/mol. The number of nitrogens with two attached hydrogens (primary N) is 1. The lowest BCUT2D eigenvalue weighted by atomic mass is 10.5. The average molecular weight is 203 g/mol. The molecule has 74 valence electrons. The molecule has 0 aromatic heterocycles. The predicted octanol–water partition coefficient (Wildman–Crippen LogP) is 0.603. The summed E-state index contributed by atoms with van der Waals surface area (Å²) >= 11 is 1.10. The Kier molecular flexibility index (Phi) is 5.96. The molecule has 0 aliphatic carbocycles. The second-order valence-electron chi connectivity index (χ2n) is 2.35. The molecule has 0 amide bonds. The zero-order valence-electron chi connectivity index (χ0n) is 7.90. The first-order valence-electron chi connectivity index (χ1n) is 3.60. The van der Waals surface area contributed by atoms with Gasteiger partial charge in [0.05, 0.1) is 12.9 Å². The normalized spacial score (nSPS) is 10.8. The Labute approximate surface area is 81.4 Å². The minimum absolute atomic E-state index is 0.157. The van der Waals surface area contributed by atoms with Crippen LogP contribution in [-0.2, 0) is 9.53 Å². The summed E-state index contributed by atoms with van der Waals surface area (Å²) in [6.45, 7) is 3.61. The van der Waals surface area contributed by atoms with Gasteiger partial charge < -0.3 is 10.5 Å². The first-order chi connectivity index (χ1) is 6.06. The number of rotatable bonds is 3. The van der Waals surface area contributed by atoms with E-state index >= 15 is 0 Å². The fourth-order valence-corrected chi connectivity index (χ4v) is 0.852. The summed E-state index contributed by atoms with van der Waals surface area (Å²) in [5, 5.41) is 7.66. The molecule has 0 spiro atoms. The average Bonchev–Trinajstić information content (AvgIpc) is 2.10. The Morgan fingerprint density at radius 1 is 1.46 bits per heavy atom. The number of nitrogens with zero attached hydrogens (tertiary/aromatic N) is 2. The van der Waals surface area contributed by atoms with Crippen molar-refractivity contribution in [2.45, 2.75) is 13.8 Å². The maximum absolute atomic E-state index is 10.7. The SMILES string of the molecule is COC(=O)CSC(N)=NN=C(C)C. The number of esters is 1. The molecule has 13 heavy (non-hydrogen) atoms. The van der Waals surface area contributed by atoms with Gasteiger partial charge in [0, 0.05) is 5.71 Å². The Morgan fingerprint density at radius 3 is 2.54 bits per heavy atom. The summed E-state index contributed by atoms with van der Waals surface area (Å²) in [5.74, 6) is -0.176. The molecule has 0 unspecified atom stereocenters. The summed E-state index contributed by atoms with van der Waals surface area (Å²) in [5.41, 5.74) is 6.23. The molecule has 0 fully saturated rings. The zero-order valence-corrected chi connectivity index (χ0v) is 8.72. The van der Waals surface area contributed by atoms with E-state index < -0.39 is 0 Å². The van der Waals surface area contributed by atoms with Crippen LogP contribution in [-0.4, -0.2) is 29.7 Å². The fraction of sp³-hybridized carbons (Fsp3) is 0.571. The van der Waals surface area contributed by atoms with Crippen LogP contribution in [0.15, 0.2) is 10.2 Å². The molecule has 0 radical (unpaired) electrons. The van der Waals surface area contributed by atoms with E-state index in [1.165, 1.54) is 7.11 Å². The van der Waals surface area contributed by atoms with E-state index in [9.17, 15) is 4.79 Å². The monoisotopic (exact) mass is 203 g/mol. The Bertz CT molecular complexity index is 234. The van der Waals surface area contributed by atoms with E-state index in [4.69, 9.17) is 5.73 Å². The van der Waals surface area contributed by atoms with Crippen LogP contribution in [0, 0.1) is 0 Å². The number of amidine groups is 1. The highest BCUT2D eigenvalue weighted by Crippen LogP contribution is 2.00. The molecule has 0 aromatic rings. The molecule has 0 aliphatic rings. The third-order valence-electron chi connectivity index (χ3n) is 0.914. The number of carbonyl (C=O) groups is 1. The van der Waals surface area contributed by atoms with Gasteiger partial charge in [-0.15, -0.1) is 5.10 Å². The van der Waals surface area contributed by atoms with Crippen LogP contribution in [0.1, 0.15) is 13.8 Å². The van der Waals surface area contributed by atoms with Crippen molar-refractivity contribution in [3.05, 3.63) is 0 Å². The van der Waals surface area contributed by atoms with Crippen molar-refractivity contribution in [1.82, 2.24) is 0 Å². The second kappa shape index (κ2) is 6.47. The van der Waals surface area contributed by atoms with Gasteiger partial charge in [-0.1, -0.05) is 11.8 Å². The van der Waals surface area contributed by atoms with E-state index in [0.29, 0.717) is 0 Å². The van der Waals surface area contributed by atoms with Crippen LogP contribution in [0.2, 0.25) is 0 Å². The van der Waals surface area contributed by atoms with Crippen LogP contribution in [0.5, 0.6) is 0 Å². The van der Waals surface area contributed by atoms with Crippen LogP contribution in [0.4, 0.5) is 0 Å². The van der Waals surface area contributed by atoms with Crippen molar-refractivity contribution in [3.8, 4) is 0 Å². The molecule has 6 heteroatoms. The molecule has 0 rings (SSSR count). The summed E-state index contributed by atoms with van der Waals surface area (Å²) in [4.78, 5) is 10.7. The van der Waals surface area contributed by atoms with Crippen molar-refractivity contribution in [2.75, 3.05) is 12.9 Å². The minimum Gasteiger partial charge on any atom is -0.468 e. The molecule has 0 bridgehead atoms. The molecular weight excluding hydrogens is 190 g/mol. The number of thioether (sulfide) groups is 1. The van der Waals surface area contributed by atoms with Crippen molar-refractivity contribution < 1.29 is 9.53 Å². The largest absolute Gasteiger partial charge is 0.468 e. The zero-order chi connectivity index (χ0) is 10.3. The number of hydrogen-bond acceptors (Lipinski definition) is 5. The van der Waals surface area contributed by atoms with E-state index in [-0.39, 0.29) is 16.9 Å². The molecule has 0 saturated carbocycles. The first kappa shape index (κ1) is 12.0. The van der Waals surface area contributed by atoms with Gasteiger partial charge in [0.2, 0.25) is 0 Å². The van der Waals surface area contributed by atoms with Crippen LogP contribution >= 0.6 is 11.8 Å². The van der Waals surface area contributed by atoms with Crippen molar-refractivity contribution in [2.24, 2.45) is 15.9 Å². The Morgan fingerprint density at radius 2 is 2.08 bits per heavy atom. The van der Waals surface area contributed by atoms with Crippen LogP contribution < -0.4 is 5.73 Å². The third kappa shape index (κ3) is 7.32. The maximum atomic E-state index is 10.7. The maximum Gasteiger partial charge on any atom is 0.316 e. The number of carbonyl (C=O) groups excluding carboxylic acids is 1. The first-order valence-corrected chi connectivity index (χ1v) is 4.58. The standard InChI is InChI=1S/C7H13N3O2S/c1-5(2)9-10-7(8)13-4-6(11)12-3/h4H2,1-3H3,(H2,8,10). The van der Waals surface area contributed by atoms with Crippen molar-refractivity contribution >= 4 is 28.6 Å². The lowest BCUT2D eigenvalue weighted by molar-refractivity contribution is -0.137. The number of methoxy groups -OCH3 is 1. The lowest BCUT2D eigenvalue weighted by Gasteiger charge is -1.97. The summed E-state index contributed by atoms with van der Waals surface area (Å²) in [6, 6.07) is 0. The summed E-state index contributed by atoms with van der Waals surface area (Å²) in [6.07, 6.45) is 0. The summed E-state index contributed by atoms with van der Waals surface area (Å²) in [7, 11) is 1.32. The van der Waals surface area contributed by atoms with Gasteiger partial charge in [-0.05, 0) is 13.8 Å². The third-order valence-corrected chi connectivity index (χ3v) is 1.67. The van der Waals surface area contributed by atoms with E-state index in [1.54, 1.807) is 0 Å². The molecular formula is C7H13N3O2S. The molecule has 0 atom stereocenters. The molecule has 2 N–H and O–H groups in total. The van der Waals surface area contributed by atoms with Gasteiger partial charge in [0.25, 0.3) is 0 Å². The van der Waals surface area contributed by atoms with Crippen LogP contribution in [0.3, 0.4) is 0 Å². The van der Waals surface area contributed by atoms with Gasteiger partial charge in [-0.3, -0.25) is 4.79 Å². The minimum atomic E-state index is -0.333. The van der Waals surface area contributed by atoms with Crippen LogP contribution in [0.25, 0.3) is 0 Å². The molecule has 0 aromatic carbocycles. The quantitative estimate of drug-likeness (QED) is 0.315. The van der Waals surface area contributed by atoms with Crippen molar-refractivity contribution in [3.63, 3.8) is 0 Å². The Balaban J connectivity index is 3.87. The van der Waals surface area contributed by atoms with Gasteiger partial charge in [0.15, 0.2) is 5.17 Å². The highest BCUT2D eigenvalue weighted by Gasteiger charge is 2.01. The summed E-state index contributed by atoms with van der Waals surface area (Å²) < 4.78 is 4.42. The molecule has 0 aliphatic heterocycles. The van der Waals surface area contributed by atoms with Gasteiger partial charge >= 0.3 is 5.97 Å². The molecule has 5 nitrogen and oxygen atoms in total. The van der Waals surface area contributed by atoms with Crippen molar-refractivity contribution in [1.29, 1.82) is 0 Å².